The minimum absolute atomic E-state index is 0.283. The topological polar surface area (TPSA) is 69.7 Å². The zero-order valence-corrected chi connectivity index (χ0v) is 18.8. The van der Waals surface area contributed by atoms with Crippen molar-refractivity contribution < 1.29 is 23.4 Å². The fraction of sp³-hybridized carbons (Fsp3) is 0.120. The molecule has 3 aromatic carbocycles. The van der Waals surface area contributed by atoms with Crippen LogP contribution in [0, 0.1) is 5.82 Å². The number of methoxy groups -OCH3 is 2. The molecule has 0 aliphatic heterocycles. The monoisotopic (exact) mass is 464 g/mol. The van der Waals surface area contributed by atoms with Crippen molar-refractivity contribution in [1.29, 1.82) is 0 Å². The van der Waals surface area contributed by atoms with E-state index in [2.05, 4.69) is 10.3 Å². The van der Waals surface area contributed by atoms with E-state index in [1.807, 2.05) is 24.3 Å². The van der Waals surface area contributed by atoms with Crippen molar-refractivity contribution in [3.05, 3.63) is 89.2 Å². The Morgan fingerprint density at radius 2 is 1.82 bits per heavy atom. The highest BCUT2D eigenvalue weighted by atomic mass is 32.1. The van der Waals surface area contributed by atoms with Crippen LogP contribution in [0.5, 0.6) is 17.2 Å². The summed E-state index contributed by atoms with van der Waals surface area (Å²) in [5.74, 6) is 1.15. The molecule has 0 saturated heterocycles. The molecule has 0 atom stereocenters. The smallest absolute Gasteiger partial charge is 0.275 e. The lowest BCUT2D eigenvalue weighted by atomic mass is 10.2. The Morgan fingerprint density at radius 3 is 2.58 bits per heavy atom. The molecule has 168 valence electrons. The van der Waals surface area contributed by atoms with Gasteiger partial charge >= 0.3 is 0 Å². The molecule has 1 aromatic heterocycles. The highest BCUT2D eigenvalue weighted by Crippen LogP contribution is 2.31. The molecule has 4 rings (SSSR count). The van der Waals surface area contributed by atoms with E-state index >= 15 is 0 Å². The Bertz CT molecular complexity index is 1260. The van der Waals surface area contributed by atoms with Gasteiger partial charge in [-0.15, -0.1) is 11.3 Å². The molecular formula is C25H21FN2O4S. The molecule has 6 nitrogen and oxygen atoms in total. The van der Waals surface area contributed by atoms with Gasteiger partial charge in [-0.1, -0.05) is 24.3 Å². The highest BCUT2D eigenvalue weighted by molar-refractivity contribution is 7.13. The number of nitrogens with zero attached hydrogens (tertiary/aromatic N) is 1. The highest BCUT2D eigenvalue weighted by Gasteiger charge is 2.15. The molecule has 8 heteroatoms. The van der Waals surface area contributed by atoms with Crippen LogP contribution in [0.1, 0.15) is 16.1 Å². The maximum absolute atomic E-state index is 13.1. The first-order chi connectivity index (χ1) is 16.1. The molecule has 0 saturated carbocycles. The minimum Gasteiger partial charge on any atom is -0.497 e. The SMILES string of the molecule is COc1ccc(NC(=O)c2csc(-c3cccc(OCc4ccc(F)cc4)c3)n2)c(OC)c1. The van der Waals surface area contributed by atoms with E-state index in [1.54, 1.807) is 42.8 Å². The van der Waals surface area contributed by atoms with Gasteiger partial charge in [0.2, 0.25) is 0 Å². The molecule has 0 unspecified atom stereocenters. The van der Waals surface area contributed by atoms with Gasteiger partial charge in [-0.3, -0.25) is 4.79 Å². The number of halogens is 1. The van der Waals surface area contributed by atoms with Crippen LogP contribution in [0.15, 0.2) is 72.1 Å². The standard InChI is InChI=1S/C25H21FN2O4S/c1-30-19-10-11-21(23(13-19)31-2)27-24(29)22-15-33-25(28-22)17-4-3-5-20(12-17)32-14-16-6-8-18(26)9-7-16/h3-13,15H,14H2,1-2H3,(H,27,29). The molecule has 0 radical (unpaired) electrons. The Hall–Kier alpha value is -3.91. The summed E-state index contributed by atoms with van der Waals surface area (Å²) in [6, 6.07) is 18.8. The summed E-state index contributed by atoms with van der Waals surface area (Å²) in [6.45, 7) is 0.318. The van der Waals surface area contributed by atoms with Crippen LogP contribution >= 0.6 is 11.3 Å². The summed E-state index contributed by atoms with van der Waals surface area (Å²) in [4.78, 5) is 17.2. The fourth-order valence-electron chi connectivity index (χ4n) is 3.06. The van der Waals surface area contributed by atoms with Gasteiger partial charge in [0, 0.05) is 17.0 Å². The summed E-state index contributed by atoms with van der Waals surface area (Å²) < 4.78 is 29.4. The average Bonchev–Trinajstić information content (AvgIpc) is 3.35. The van der Waals surface area contributed by atoms with Gasteiger partial charge in [-0.25, -0.2) is 9.37 Å². The van der Waals surface area contributed by atoms with Gasteiger partial charge in [-0.2, -0.15) is 0 Å². The zero-order valence-electron chi connectivity index (χ0n) is 18.0. The van der Waals surface area contributed by atoms with Crippen molar-refractivity contribution in [3.8, 4) is 27.8 Å². The van der Waals surface area contributed by atoms with Crippen LogP contribution in [-0.2, 0) is 6.61 Å². The fourth-order valence-corrected chi connectivity index (χ4v) is 3.86. The van der Waals surface area contributed by atoms with Crippen LogP contribution < -0.4 is 19.5 Å². The third-order valence-corrected chi connectivity index (χ3v) is 5.68. The van der Waals surface area contributed by atoms with Crippen molar-refractivity contribution in [1.82, 2.24) is 4.98 Å². The normalized spacial score (nSPS) is 10.5. The molecule has 0 fully saturated rings. The van der Waals surface area contributed by atoms with Gasteiger partial charge in [0.05, 0.1) is 19.9 Å². The second-order valence-corrected chi connectivity index (χ2v) is 7.86. The predicted molar refractivity (Wildman–Crippen MR) is 126 cm³/mol. The lowest BCUT2D eigenvalue weighted by Gasteiger charge is -2.10. The van der Waals surface area contributed by atoms with Gasteiger partial charge in [-0.05, 0) is 42.0 Å². The van der Waals surface area contributed by atoms with Crippen LogP contribution in [0.3, 0.4) is 0 Å². The second-order valence-electron chi connectivity index (χ2n) is 7.00. The summed E-state index contributed by atoms with van der Waals surface area (Å²) in [5, 5.41) is 5.21. The maximum atomic E-state index is 13.1. The minimum atomic E-state index is -0.343. The van der Waals surface area contributed by atoms with Crippen LogP contribution in [-0.4, -0.2) is 25.1 Å². The predicted octanol–water partition coefficient (Wildman–Crippen LogP) is 5.80. The lowest BCUT2D eigenvalue weighted by molar-refractivity contribution is 0.102. The Kier molecular flexibility index (Phi) is 6.85. The number of ether oxygens (including phenoxy) is 3. The third kappa shape index (κ3) is 5.48. The number of carbonyl (C=O) groups excluding carboxylic acids is 1. The number of aromatic nitrogens is 1. The molecule has 1 N–H and O–H groups in total. The van der Waals surface area contributed by atoms with Crippen LogP contribution in [0.4, 0.5) is 10.1 Å². The molecule has 0 aliphatic rings. The lowest BCUT2D eigenvalue weighted by Crippen LogP contribution is -2.13. The molecular weight excluding hydrogens is 443 g/mol. The number of thiazole rings is 1. The van der Waals surface area contributed by atoms with Crippen molar-refractivity contribution in [2.75, 3.05) is 19.5 Å². The Morgan fingerprint density at radius 1 is 1.00 bits per heavy atom. The van der Waals surface area contributed by atoms with Gasteiger partial charge in [0.15, 0.2) is 0 Å². The number of hydrogen-bond donors (Lipinski definition) is 1. The van der Waals surface area contributed by atoms with Crippen molar-refractivity contribution >= 4 is 22.9 Å². The van der Waals surface area contributed by atoms with E-state index in [0.29, 0.717) is 40.2 Å². The maximum Gasteiger partial charge on any atom is 0.275 e. The van der Waals surface area contributed by atoms with Crippen molar-refractivity contribution in [2.24, 2.45) is 0 Å². The van der Waals surface area contributed by atoms with E-state index in [9.17, 15) is 9.18 Å². The van der Waals surface area contributed by atoms with E-state index in [0.717, 1.165) is 11.1 Å². The Labute approximate surface area is 194 Å². The number of nitrogens with one attached hydrogen (secondary N) is 1. The number of carbonyl (C=O) groups is 1. The number of hydrogen-bond acceptors (Lipinski definition) is 6. The summed E-state index contributed by atoms with van der Waals surface area (Å²) in [5.41, 5.74) is 2.51. The van der Waals surface area contributed by atoms with Crippen LogP contribution in [0.25, 0.3) is 10.6 Å². The molecule has 4 aromatic rings. The Balaban J connectivity index is 1.45. The third-order valence-electron chi connectivity index (χ3n) is 4.79. The second kappa shape index (κ2) is 10.1. The summed E-state index contributed by atoms with van der Waals surface area (Å²) in [6.07, 6.45) is 0. The molecule has 0 aliphatic carbocycles. The van der Waals surface area contributed by atoms with E-state index in [1.165, 1.54) is 30.6 Å². The van der Waals surface area contributed by atoms with Gasteiger partial charge < -0.3 is 19.5 Å². The summed E-state index contributed by atoms with van der Waals surface area (Å²) in [7, 11) is 3.09. The number of amides is 1. The van der Waals surface area contributed by atoms with E-state index in [4.69, 9.17) is 14.2 Å². The molecule has 1 amide bonds. The van der Waals surface area contributed by atoms with Gasteiger partial charge in [0.1, 0.15) is 40.4 Å². The first kappa shape index (κ1) is 22.3. The average molecular weight is 465 g/mol. The number of rotatable bonds is 8. The first-order valence-electron chi connectivity index (χ1n) is 10.0. The summed E-state index contributed by atoms with van der Waals surface area (Å²) >= 11 is 1.36. The molecule has 1 heterocycles. The number of anilines is 1. The quantitative estimate of drug-likeness (QED) is 0.357. The van der Waals surface area contributed by atoms with Crippen LogP contribution in [0.2, 0.25) is 0 Å². The van der Waals surface area contributed by atoms with E-state index < -0.39 is 0 Å². The molecule has 33 heavy (non-hydrogen) atoms. The molecule has 0 spiro atoms. The van der Waals surface area contributed by atoms with Crippen molar-refractivity contribution in [2.45, 2.75) is 6.61 Å². The first-order valence-corrected chi connectivity index (χ1v) is 10.9. The largest absolute Gasteiger partial charge is 0.497 e. The van der Waals surface area contributed by atoms with E-state index in [-0.39, 0.29) is 11.7 Å². The molecule has 0 bridgehead atoms. The number of benzene rings is 3. The zero-order chi connectivity index (χ0) is 23.2. The van der Waals surface area contributed by atoms with Gasteiger partial charge in [0.25, 0.3) is 5.91 Å². The van der Waals surface area contributed by atoms with Crippen molar-refractivity contribution in [3.63, 3.8) is 0 Å².